The van der Waals surface area contributed by atoms with Crippen molar-refractivity contribution in [2.24, 2.45) is 4.99 Å². The Hall–Kier alpha value is -6.25. The van der Waals surface area contributed by atoms with Crippen molar-refractivity contribution in [3.8, 4) is 28.3 Å². The molecule has 1 aliphatic rings. The number of hydrogen-bond donors (Lipinski definition) is 2. The number of benzene rings is 6. The second kappa shape index (κ2) is 11.5. The van der Waals surface area contributed by atoms with Gasteiger partial charge in [-0.05, 0) is 69.8 Å². The van der Waals surface area contributed by atoms with E-state index in [1.54, 1.807) is 24.3 Å². The molecule has 6 aromatic carbocycles. The van der Waals surface area contributed by atoms with E-state index in [1.807, 2.05) is 30.3 Å². The molecule has 0 aliphatic heterocycles. The fourth-order valence-electron chi connectivity index (χ4n) is 7.28. The van der Waals surface area contributed by atoms with Crippen LogP contribution < -0.4 is 5.32 Å². The summed E-state index contributed by atoms with van der Waals surface area (Å²) in [4.78, 5) is 4.89. The number of amidine groups is 2. The zero-order valence-electron chi connectivity index (χ0n) is 26.8. The van der Waals surface area contributed by atoms with Gasteiger partial charge in [-0.2, -0.15) is 5.26 Å². The molecule has 1 aliphatic carbocycles. The zero-order valence-corrected chi connectivity index (χ0v) is 26.8. The van der Waals surface area contributed by atoms with Crippen LogP contribution >= 0.6 is 0 Å². The highest BCUT2D eigenvalue weighted by Gasteiger charge is 2.38. The van der Waals surface area contributed by atoms with E-state index in [0.29, 0.717) is 23.6 Å². The molecule has 1 heterocycles. The van der Waals surface area contributed by atoms with Gasteiger partial charge in [-0.3, -0.25) is 5.41 Å². The molecule has 0 fully saturated rings. The van der Waals surface area contributed by atoms with Crippen LogP contribution in [0.15, 0.2) is 145 Å². The summed E-state index contributed by atoms with van der Waals surface area (Å²) in [5.41, 5.74) is 11.7. The zero-order chi connectivity index (χ0) is 32.8. The molecule has 5 heteroatoms. The van der Waals surface area contributed by atoms with Gasteiger partial charge in [-0.15, -0.1) is 0 Å². The van der Waals surface area contributed by atoms with E-state index >= 15 is 0 Å². The van der Waals surface area contributed by atoms with Crippen LogP contribution in [0.25, 0.3) is 44.1 Å². The molecule has 0 atom stereocenters. The molecule has 0 saturated carbocycles. The number of hydrogen-bond acceptors (Lipinski definition) is 2. The Kier molecular flexibility index (Phi) is 7.00. The summed E-state index contributed by atoms with van der Waals surface area (Å²) in [5, 5.41) is 24.4. The van der Waals surface area contributed by atoms with Gasteiger partial charge in [0.05, 0.1) is 29.3 Å². The Morgan fingerprint density at radius 1 is 0.729 bits per heavy atom. The molecule has 0 unspecified atom stereocenters. The Morgan fingerprint density at radius 2 is 1.46 bits per heavy atom. The molecule has 5 nitrogen and oxygen atoms in total. The minimum Gasteiger partial charge on any atom is -0.352 e. The number of rotatable bonds is 5. The SMILES string of the molecule is CC1(C)c2ccccc2-c2ccc3c4ccccc4n(CN/C(=N\C(=N)c4ccc(C#N)cc4)c4cccc(-c5ccccc5)c4)c3c21. The number of nitriles is 1. The fourth-order valence-corrected chi connectivity index (χ4v) is 7.28. The standard InChI is InChI=1S/C43H33N5/c1-43(2)37-17-8-6-15-33(37)35-23-24-36-34-16-7-9-18-38(34)48(40(36)39(35)43)27-46-42(47-41(45)30-21-19-28(26-44)20-22-30)32-14-10-13-31(25-32)29-11-4-3-5-12-29/h3-25H,27H2,1-2H3,(H2,45,46,47). The van der Waals surface area contributed by atoms with Crippen LogP contribution in [0.4, 0.5) is 0 Å². The number of para-hydroxylation sites is 1. The second-order valence-electron chi connectivity index (χ2n) is 12.8. The first-order valence-corrected chi connectivity index (χ1v) is 16.2. The van der Waals surface area contributed by atoms with Gasteiger partial charge in [-0.25, -0.2) is 4.99 Å². The van der Waals surface area contributed by atoms with Gasteiger partial charge in [0.15, 0.2) is 5.84 Å². The molecule has 230 valence electrons. The lowest BCUT2D eigenvalue weighted by Gasteiger charge is -2.24. The van der Waals surface area contributed by atoms with Crippen molar-refractivity contribution in [2.75, 3.05) is 0 Å². The highest BCUT2D eigenvalue weighted by molar-refractivity contribution is 6.13. The quantitative estimate of drug-likeness (QED) is 0.149. The van der Waals surface area contributed by atoms with Crippen LogP contribution in [-0.4, -0.2) is 16.2 Å². The molecular formula is C43H33N5. The maximum Gasteiger partial charge on any atom is 0.154 e. The number of aromatic nitrogens is 1. The summed E-state index contributed by atoms with van der Waals surface area (Å²) in [5.74, 6) is 0.718. The van der Waals surface area contributed by atoms with Crippen LogP contribution in [0.1, 0.15) is 41.7 Å². The number of aliphatic imine (C=N–C) groups is 1. The maximum absolute atomic E-state index is 9.29. The van der Waals surface area contributed by atoms with E-state index in [-0.39, 0.29) is 11.3 Å². The lowest BCUT2D eigenvalue weighted by molar-refractivity contribution is 0.651. The summed E-state index contributed by atoms with van der Waals surface area (Å²) in [6.07, 6.45) is 0. The Balaban J connectivity index is 1.27. The normalized spacial score (nSPS) is 13.2. The number of nitrogens with one attached hydrogen (secondary N) is 2. The third-order valence-corrected chi connectivity index (χ3v) is 9.61. The van der Waals surface area contributed by atoms with Gasteiger partial charge in [0, 0.05) is 27.3 Å². The van der Waals surface area contributed by atoms with Gasteiger partial charge >= 0.3 is 0 Å². The van der Waals surface area contributed by atoms with Gasteiger partial charge < -0.3 is 9.88 Å². The van der Waals surface area contributed by atoms with Gasteiger partial charge in [0.25, 0.3) is 0 Å². The largest absolute Gasteiger partial charge is 0.352 e. The van der Waals surface area contributed by atoms with Gasteiger partial charge in [0.1, 0.15) is 5.84 Å². The van der Waals surface area contributed by atoms with Crippen molar-refractivity contribution in [1.82, 2.24) is 9.88 Å². The molecule has 48 heavy (non-hydrogen) atoms. The maximum atomic E-state index is 9.29. The summed E-state index contributed by atoms with van der Waals surface area (Å²) >= 11 is 0. The highest BCUT2D eigenvalue weighted by atomic mass is 15.2. The Labute approximate surface area is 280 Å². The van der Waals surface area contributed by atoms with E-state index in [9.17, 15) is 5.26 Å². The van der Waals surface area contributed by atoms with Crippen molar-refractivity contribution in [2.45, 2.75) is 25.9 Å². The van der Waals surface area contributed by atoms with Crippen LogP contribution in [0.5, 0.6) is 0 Å². The molecule has 0 amide bonds. The fraction of sp³-hybridized carbons (Fsp3) is 0.0930. The van der Waals surface area contributed by atoms with E-state index in [4.69, 9.17) is 10.4 Å². The Morgan fingerprint density at radius 3 is 2.27 bits per heavy atom. The van der Waals surface area contributed by atoms with Gasteiger partial charge in [0.2, 0.25) is 0 Å². The van der Waals surface area contributed by atoms with E-state index in [2.05, 4.69) is 115 Å². The summed E-state index contributed by atoms with van der Waals surface area (Å²) in [7, 11) is 0. The Bertz CT molecular complexity index is 2440. The van der Waals surface area contributed by atoms with Crippen LogP contribution in [-0.2, 0) is 12.1 Å². The topological polar surface area (TPSA) is 77.0 Å². The lowest BCUT2D eigenvalue weighted by Crippen LogP contribution is -2.28. The molecular weight excluding hydrogens is 587 g/mol. The predicted octanol–water partition coefficient (Wildman–Crippen LogP) is 9.66. The summed E-state index contributed by atoms with van der Waals surface area (Å²) in [6, 6.07) is 49.6. The summed E-state index contributed by atoms with van der Waals surface area (Å²) < 4.78 is 2.37. The van der Waals surface area contributed by atoms with E-state index in [0.717, 1.165) is 22.2 Å². The van der Waals surface area contributed by atoms with Gasteiger partial charge in [-0.1, -0.05) is 117 Å². The summed E-state index contributed by atoms with van der Waals surface area (Å²) in [6.45, 7) is 5.10. The monoisotopic (exact) mass is 619 g/mol. The molecule has 0 radical (unpaired) electrons. The van der Waals surface area contributed by atoms with Crippen LogP contribution in [0, 0.1) is 16.7 Å². The van der Waals surface area contributed by atoms with E-state index in [1.165, 1.54) is 38.5 Å². The van der Waals surface area contributed by atoms with Crippen LogP contribution in [0.3, 0.4) is 0 Å². The first-order chi connectivity index (χ1) is 23.4. The molecule has 7 aromatic rings. The van der Waals surface area contributed by atoms with Crippen molar-refractivity contribution in [3.63, 3.8) is 0 Å². The first kappa shape index (κ1) is 29.2. The van der Waals surface area contributed by atoms with Crippen molar-refractivity contribution in [1.29, 1.82) is 10.7 Å². The molecule has 0 saturated heterocycles. The smallest absolute Gasteiger partial charge is 0.154 e. The lowest BCUT2D eigenvalue weighted by atomic mass is 9.81. The van der Waals surface area contributed by atoms with Crippen molar-refractivity contribution < 1.29 is 0 Å². The number of nitrogens with zero attached hydrogens (tertiary/aromatic N) is 3. The second-order valence-corrected chi connectivity index (χ2v) is 12.8. The minimum absolute atomic E-state index is 0.117. The average Bonchev–Trinajstić information content (AvgIpc) is 3.58. The third-order valence-electron chi connectivity index (χ3n) is 9.61. The molecule has 1 aromatic heterocycles. The highest BCUT2D eigenvalue weighted by Crippen LogP contribution is 2.52. The molecule has 0 bridgehead atoms. The molecule has 8 rings (SSSR count). The predicted molar refractivity (Wildman–Crippen MR) is 197 cm³/mol. The number of fused-ring (bicyclic) bond motifs is 7. The van der Waals surface area contributed by atoms with Crippen molar-refractivity contribution in [3.05, 3.63) is 167 Å². The van der Waals surface area contributed by atoms with Crippen LogP contribution in [0.2, 0.25) is 0 Å². The minimum atomic E-state index is -0.184. The average molecular weight is 620 g/mol. The van der Waals surface area contributed by atoms with Crippen molar-refractivity contribution >= 4 is 33.5 Å². The molecule has 2 N–H and O–H groups in total. The third kappa shape index (κ3) is 4.78. The molecule has 0 spiro atoms. The van der Waals surface area contributed by atoms with E-state index < -0.39 is 0 Å². The first-order valence-electron chi connectivity index (χ1n) is 16.2.